The summed E-state index contributed by atoms with van der Waals surface area (Å²) in [7, 11) is 0. The molecule has 3 nitrogen and oxygen atoms in total. The van der Waals surface area contributed by atoms with Gasteiger partial charge in [-0.15, -0.1) is 0 Å². The van der Waals surface area contributed by atoms with Crippen LogP contribution in [0.25, 0.3) is 0 Å². The second kappa shape index (κ2) is 5.17. The van der Waals surface area contributed by atoms with Crippen molar-refractivity contribution in [1.29, 1.82) is 0 Å². The highest BCUT2D eigenvalue weighted by molar-refractivity contribution is 6.31. The summed E-state index contributed by atoms with van der Waals surface area (Å²) in [5.74, 6) is 0. The molecule has 1 rings (SSSR count). The number of hydrogen-bond acceptors (Lipinski definition) is 3. The van der Waals surface area contributed by atoms with Crippen molar-refractivity contribution in [3.8, 4) is 0 Å². The number of halogens is 1. The minimum atomic E-state index is -0.0287. The first-order valence-corrected chi connectivity index (χ1v) is 4.68. The number of rotatable bonds is 4. The van der Waals surface area contributed by atoms with Gasteiger partial charge in [-0.1, -0.05) is 11.6 Å². The molecule has 72 valence electrons. The Bertz CT molecular complexity index is 265. The quantitative estimate of drug-likeness (QED) is 0.772. The average Bonchev–Trinajstić information content (AvgIpc) is 2.15. The summed E-state index contributed by atoms with van der Waals surface area (Å²) >= 11 is 5.92. The maximum Gasteiger partial charge on any atom is 0.0637 e. The second-order valence-corrected chi connectivity index (χ2v) is 3.34. The lowest BCUT2D eigenvalue weighted by Gasteiger charge is -2.12. The highest BCUT2D eigenvalue weighted by Crippen LogP contribution is 2.22. The van der Waals surface area contributed by atoms with Crippen LogP contribution in [-0.4, -0.2) is 11.5 Å². The number of aromatic nitrogens is 1. The molecule has 0 aliphatic carbocycles. The van der Waals surface area contributed by atoms with Crippen LogP contribution in [0.1, 0.15) is 24.4 Å². The lowest BCUT2D eigenvalue weighted by atomic mass is 10.0. The van der Waals surface area contributed by atoms with Crippen LogP contribution >= 0.6 is 11.6 Å². The normalized spacial score (nSPS) is 12.8. The summed E-state index contributed by atoms with van der Waals surface area (Å²) in [6.07, 6.45) is 5.09. The molecule has 0 unspecified atom stereocenters. The third kappa shape index (κ3) is 2.95. The maximum atomic E-state index is 5.92. The van der Waals surface area contributed by atoms with Crippen molar-refractivity contribution in [2.75, 3.05) is 6.54 Å². The molecule has 0 aliphatic heterocycles. The average molecular weight is 200 g/mol. The van der Waals surface area contributed by atoms with Gasteiger partial charge in [0.25, 0.3) is 0 Å². The molecular formula is C9H14ClN3. The van der Waals surface area contributed by atoms with E-state index in [1.165, 1.54) is 0 Å². The molecule has 1 aromatic rings. The monoisotopic (exact) mass is 199 g/mol. The molecule has 0 aliphatic rings. The molecule has 1 heterocycles. The highest BCUT2D eigenvalue weighted by atomic mass is 35.5. The smallest absolute Gasteiger partial charge is 0.0637 e. The summed E-state index contributed by atoms with van der Waals surface area (Å²) in [6.45, 7) is 0.663. The predicted octanol–water partition coefficient (Wildman–Crippen LogP) is 1.47. The Kier molecular flexibility index (Phi) is 4.15. The maximum absolute atomic E-state index is 5.92. The Morgan fingerprint density at radius 1 is 1.54 bits per heavy atom. The van der Waals surface area contributed by atoms with Gasteiger partial charge in [0.1, 0.15) is 0 Å². The lowest BCUT2D eigenvalue weighted by Crippen LogP contribution is -2.13. The van der Waals surface area contributed by atoms with Gasteiger partial charge in [0.05, 0.1) is 5.02 Å². The SMILES string of the molecule is NCCC[C@H](N)c1ccncc1Cl. The highest BCUT2D eigenvalue weighted by Gasteiger charge is 2.08. The Morgan fingerprint density at radius 3 is 2.92 bits per heavy atom. The van der Waals surface area contributed by atoms with Crippen molar-refractivity contribution in [2.24, 2.45) is 11.5 Å². The summed E-state index contributed by atoms with van der Waals surface area (Å²) in [4.78, 5) is 3.90. The van der Waals surface area contributed by atoms with E-state index in [9.17, 15) is 0 Å². The van der Waals surface area contributed by atoms with Crippen molar-refractivity contribution in [2.45, 2.75) is 18.9 Å². The van der Waals surface area contributed by atoms with E-state index in [2.05, 4.69) is 4.98 Å². The molecule has 0 aromatic carbocycles. The second-order valence-electron chi connectivity index (χ2n) is 2.93. The third-order valence-electron chi connectivity index (χ3n) is 1.92. The molecule has 0 bridgehead atoms. The molecule has 0 saturated heterocycles. The van der Waals surface area contributed by atoms with Gasteiger partial charge < -0.3 is 11.5 Å². The number of nitrogens with two attached hydrogens (primary N) is 2. The Hall–Kier alpha value is -0.640. The van der Waals surface area contributed by atoms with Crippen molar-refractivity contribution in [1.82, 2.24) is 4.98 Å². The first kappa shape index (κ1) is 10.4. The van der Waals surface area contributed by atoms with Crippen molar-refractivity contribution < 1.29 is 0 Å². The van der Waals surface area contributed by atoms with E-state index in [-0.39, 0.29) is 6.04 Å². The molecule has 0 amide bonds. The van der Waals surface area contributed by atoms with Gasteiger partial charge in [0, 0.05) is 18.4 Å². The molecule has 0 spiro atoms. The molecular weight excluding hydrogens is 186 g/mol. The van der Waals surface area contributed by atoms with Crippen molar-refractivity contribution in [3.05, 3.63) is 29.0 Å². The first-order chi connectivity index (χ1) is 6.25. The number of nitrogens with zero attached hydrogens (tertiary/aromatic N) is 1. The van der Waals surface area contributed by atoms with E-state index in [4.69, 9.17) is 23.1 Å². The van der Waals surface area contributed by atoms with Crippen LogP contribution in [0.5, 0.6) is 0 Å². The predicted molar refractivity (Wildman–Crippen MR) is 54.5 cm³/mol. The van der Waals surface area contributed by atoms with Gasteiger partial charge in [-0.25, -0.2) is 0 Å². The van der Waals surface area contributed by atoms with Gasteiger partial charge >= 0.3 is 0 Å². The molecule has 0 radical (unpaired) electrons. The van der Waals surface area contributed by atoms with Crippen molar-refractivity contribution in [3.63, 3.8) is 0 Å². The number of pyridine rings is 1. The Balaban J connectivity index is 2.65. The van der Waals surface area contributed by atoms with Crippen LogP contribution in [0, 0.1) is 0 Å². The Morgan fingerprint density at radius 2 is 2.31 bits per heavy atom. The van der Waals surface area contributed by atoms with Crippen LogP contribution in [-0.2, 0) is 0 Å². The van der Waals surface area contributed by atoms with Crippen LogP contribution in [0.3, 0.4) is 0 Å². The fraction of sp³-hybridized carbons (Fsp3) is 0.444. The first-order valence-electron chi connectivity index (χ1n) is 4.30. The van der Waals surface area contributed by atoms with Crippen LogP contribution in [0.2, 0.25) is 5.02 Å². The fourth-order valence-corrected chi connectivity index (χ4v) is 1.44. The van der Waals surface area contributed by atoms with Crippen LogP contribution in [0.4, 0.5) is 0 Å². The molecule has 4 N–H and O–H groups in total. The van der Waals surface area contributed by atoms with Crippen LogP contribution < -0.4 is 11.5 Å². The van der Waals surface area contributed by atoms with E-state index in [1.54, 1.807) is 12.4 Å². The summed E-state index contributed by atoms with van der Waals surface area (Å²) in [6, 6.07) is 1.82. The largest absolute Gasteiger partial charge is 0.330 e. The molecule has 0 fully saturated rings. The van der Waals surface area contributed by atoms with E-state index < -0.39 is 0 Å². The van der Waals surface area contributed by atoms with Crippen molar-refractivity contribution >= 4 is 11.6 Å². The van der Waals surface area contributed by atoms with E-state index >= 15 is 0 Å². The van der Waals surface area contributed by atoms with Gasteiger partial charge in [-0.2, -0.15) is 0 Å². The summed E-state index contributed by atoms with van der Waals surface area (Å²) in [5, 5.41) is 0.632. The zero-order valence-corrected chi connectivity index (χ0v) is 8.17. The Labute approximate surface area is 83.1 Å². The zero-order valence-electron chi connectivity index (χ0n) is 7.41. The van der Waals surface area contributed by atoms with E-state index in [0.29, 0.717) is 11.6 Å². The molecule has 4 heteroatoms. The minimum absolute atomic E-state index is 0.0287. The summed E-state index contributed by atoms with van der Waals surface area (Å²) < 4.78 is 0. The van der Waals surface area contributed by atoms with E-state index in [1.807, 2.05) is 6.07 Å². The molecule has 13 heavy (non-hydrogen) atoms. The van der Waals surface area contributed by atoms with Gasteiger partial charge in [-0.3, -0.25) is 4.98 Å². The minimum Gasteiger partial charge on any atom is -0.330 e. The number of hydrogen-bond donors (Lipinski definition) is 2. The zero-order chi connectivity index (χ0) is 9.68. The molecule has 0 saturated carbocycles. The fourth-order valence-electron chi connectivity index (χ4n) is 1.18. The van der Waals surface area contributed by atoms with Gasteiger partial charge in [0.2, 0.25) is 0 Å². The van der Waals surface area contributed by atoms with Crippen LogP contribution in [0.15, 0.2) is 18.5 Å². The van der Waals surface area contributed by atoms with E-state index in [0.717, 1.165) is 18.4 Å². The summed E-state index contributed by atoms with van der Waals surface area (Å²) in [5.41, 5.74) is 12.3. The van der Waals surface area contributed by atoms with Gasteiger partial charge in [0.15, 0.2) is 0 Å². The topological polar surface area (TPSA) is 64.9 Å². The lowest BCUT2D eigenvalue weighted by molar-refractivity contribution is 0.617. The standard InChI is InChI=1S/C9H14ClN3/c10-8-6-13-5-3-7(8)9(12)2-1-4-11/h3,5-6,9H,1-2,4,11-12H2/t9-/m0/s1. The van der Waals surface area contributed by atoms with Gasteiger partial charge in [-0.05, 0) is 31.0 Å². The molecule has 1 aromatic heterocycles. The third-order valence-corrected chi connectivity index (χ3v) is 2.24. The molecule has 1 atom stereocenters.